The molecular weight excluding hydrogens is 258 g/mol. The molecule has 0 atom stereocenters. The monoisotopic (exact) mass is 277 g/mol. The van der Waals surface area contributed by atoms with Gasteiger partial charge in [0.15, 0.2) is 5.58 Å². The molecule has 0 saturated heterocycles. The van der Waals surface area contributed by atoms with E-state index in [2.05, 4.69) is 10.6 Å². The first-order valence-corrected chi connectivity index (χ1v) is 6.72. The van der Waals surface area contributed by atoms with E-state index in [0.717, 1.165) is 17.5 Å². The van der Waals surface area contributed by atoms with Crippen LogP contribution in [-0.4, -0.2) is 23.7 Å². The lowest BCUT2D eigenvalue weighted by molar-refractivity contribution is 0.241. The smallest absolute Gasteiger partial charge is 0.408 e. The molecule has 1 aromatic heterocycles. The molecule has 0 saturated carbocycles. The number of rotatable bonds is 5. The maximum Gasteiger partial charge on any atom is 0.419 e. The van der Waals surface area contributed by atoms with Crippen LogP contribution in [0.2, 0.25) is 0 Å². The van der Waals surface area contributed by atoms with Gasteiger partial charge in [0, 0.05) is 20.1 Å². The van der Waals surface area contributed by atoms with Crippen LogP contribution in [-0.2, 0) is 13.5 Å². The number of fused-ring (bicyclic) bond motifs is 1. The van der Waals surface area contributed by atoms with Gasteiger partial charge in [0.25, 0.3) is 0 Å². The number of nitrogens with zero attached hydrogens (tertiary/aromatic N) is 1. The van der Waals surface area contributed by atoms with Crippen molar-refractivity contribution in [3.05, 3.63) is 34.3 Å². The summed E-state index contributed by atoms with van der Waals surface area (Å²) in [5.41, 5.74) is 2.39. The predicted molar refractivity (Wildman–Crippen MR) is 76.9 cm³/mol. The van der Waals surface area contributed by atoms with Gasteiger partial charge in [-0.2, -0.15) is 0 Å². The molecule has 6 nitrogen and oxygen atoms in total. The summed E-state index contributed by atoms with van der Waals surface area (Å²) in [6.45, 7) is 3.23. The molecule has 0 aliphatic heterocycles. The second-order valence-corrected chi connectivity index (χ2v) is 4.66. The third kappa shape index (κ3) is 3.20. The Hall–Kier alpha value is -2.24. The second-order valence-electron chi connectivity index (χ2n) is 4.66. The van der Waals surface area contributed by atoms with Crippen molar-refractivity contribution in [3.63, 3.8) is 0 Å². The van der Waals surface area contributed by atoms with Crippen LogP contribution < -0.4 is 16.4 Å². The minimum Gasteiger partial charge on any atom is -0.408 e. The van der Waals surface area contributed by atoms with Gasteiger partial charge in [-0.1, -0.05) is 13.0 Å². The fourth-order valence-electron chi connectivity index (χ4n) is 1.95. The minimum atomic E-state index is -0.366. The molecule has 0 radical (unpaired) electrons. The second kappa shape index (κ2) is 6.27. The number of aromatic nitrogens is 1. The Morgan fingerprint density at radius 2 is 2.05 bits per heavy atom. The van der Waals surface area contributed by atoms with Gasteiger partial charge in [0.2, 0.25) is 0 Å². The van der Waals surface area contributed by atoms with Gasteiger partial charge >= 0.3 is 11.8 Å². The summed E-state index contributed by atoms with van der Waals surface area (Å²) in [5, 5.41) is 5.54. The summed E-state index contributed by atoms with van der Waals surface area (Å²) >= 11 is 0. The van der Waals surface area contributed by atoms with Crippen LogP contribution in [0.3, 0.4) is 0 Å². The molecule has 1 aromatic carbocycles. The Morgan fingerprint density at radius 3 is 2.80 bits per heavy atom. The van der Waals surface area contributed by atoms with E-state index in [1.54, 1.807) is 13.1 Å². The van der Waals surface area contributed by atoms with Crippen molar-refractivity contribution in [2.24, 2.45) is 7.05 Å². The Morgan fingerprint density at radius 1 is 1.30 bits per heavy atom. The third-order valence-corrected chi connectivity index (χ3v) is 3.09. The van der Waals surface area contributed by atoms with Crippen LogP contribution >= 0.6 is 0 Å². The Bertz CT molecular complexity index is 657. The number of aryl methyl sites for hydroxylation is 1. The summed E-state index contributed by atoms with van der Waals surface area (Å²) < 4.78 is 6.54. The number of nitrogens with one attached hydrogen (secondary N) is 2. The van der Waals surface area contributed by atoms with Crippen molar-refractivity contribution in [1.82, 2.24) is 15.2 Å². The van der Waals surface area contributed by atoms with Gasteiger partial charge < -0.3 is 15.1 Å². The largest absolute Gasteiger partial charge is 0.419 e. The molecule has 2 rings (SSSR count). The Labute approximate surface area is 116 Å². The Balaban J connectivity index is 1.95. The maximum atomic E-state index is 11.4. The molecule has 0 bridgehead atoms. The van der Waals surface area contributed by atoms with Gasteiger partial charge in [0.1, 0.15) is 0 Å². The molecule has 1 heterocycles. The van der Waals surface area contributed by atoms with Crippen molar-refractivity contribution < 1.29 is 9.21 Å². The molecule has 0 unspecified atom stereocenters. The lowest BCUT2D eigenvalue weighted by Gasteiger charge is -2.06. The molecule has 0 aliphatic carbocycles. The van der Waals surface area contributed by atoms with Crippen molar-refractivity contribution in [3.8, 4) is 0 Å². The maximum absolute atomic E-state index is 11.4. The minimum absolute atomic E-state index is 0.149. The van der Waals surface area contributed by atoms with Crippen LogP contribution in [0.1, 0.15) is 18.9 Å². The van der Waals surface area contributed by atoms with E-state index in [4.69, 9.17) is 4.42 Å². The van der Waals surface area contributed by atoms with E-state index < -0.39 is 0 Å². The average Bonchev–Trinajstić information content (AvgIpc) is 2.72. The summed E-state index contributed by atoms with van der Waals surface area (Å²) in [5.74, 6) is -0.366. The highest BCUT2D eigenvalue weighted by atomic mass is 16.4. The first-order valence-electron chi connectivity index (χ1n) is 6.72. The highest BCUT2D eigenvalue weighted by Gasteiger charge is 2.06. The molecule has 0 fully saturated rings. The zero-order chi connectivity index (χ0) is 14.5. The summed E-state index contributed by atoms with van der Waals surface area (Å²) in [6.07, 6.45) is 1.62. The molecule has 2 aromatic rings. The predicted octanol–water partition coefficient (Wildman–Crippen LogP) is 1.38. The summed E-state index contributed by atoms with van der Waals surface area (Å²) in [6, 6.07) is 5.44. The van der Waals surface area contributed by atoms with Gasteiger partial charge in [0.05, 0.1) is 5.52 Å². The van der Waals surface area contributed by atoms with Gasteiger partial charge in [-0.15, -0.1) is 0 Å². The fraction of sp³-hybridized carbons (Fsp3) is 0.429. The molecule has 2 N–H and O–H groups in total. The summed E-state index contributed by atoms with van der Waals surface area (Å²) in [7, 11) is 1.67. The molecule has 0 spiro atoms. The van der Waals surface area contributed by atoms with Gasteiger partial charge in [-0.25, -0.2) is 9.59 Å². The van der Waals surface area contributed by atoms with E-state index in [1.807, 2.05) is 19.1 Å². The highest BCUT2D eigenvalue weighted by molar-refractivity contribution is 5.74. The van der Waals surface area contributed by atoms with Crippen LogP contribution in [0.25, 0.3) is 11.1 Å². The first-order chi connectivity index (χ1) is 9.61. The Kier molecular flexibility index (Phi) is 4.45. The average molecular weight is 277 g/mol. The molecule has 0 aliphatic rings. The molecule has 6 heteroatoms. The third-order valence-electron chi connectivity index (χ3n) is 3.09. The number of benzene rings is 1. The zero-order valence-corrected chi connectivity index (χ0v) is 11.7. The number of amides is 2. The van der Waals surface area contributed by atoms with E-state index in [-0.39, 0.29) is 11.8 Å². The molecule has 108 valence electrons. The normalized spacial score (nSPS) is 10.7. The quantitative estimate of drug-likeness (QED) is 0.867. The molecule has 2 amide bonds. The molecule has 20 heavy (non-hydrogen) atoms. The van der Waals surface area contributed by atoms with Crippen molar-refractivity contribution in [2.75, 3.05) is 13.1 Å². The molecular formula is C14H19N3O3. The van der Waals surface area contributed by atoms with Crippen LogP contribution in [0.15, 0.2) is 27.4 Å². The van der Waals surface area contributed by atoms with Crippen molar-refractivity contribution in [2.45, 2.75) is 19.8 Å². The number of carbonyl (C=O) groups is 1. The van der Waals surface area contributed by atoms with Crippen LogP contribution in [0.5, 0.6) is 0 Å². The van der Waals surface area contributed by atoms with Gasteiger partial charge in [-0.05, 0) is 30.5 Å². The van der Waals surface area contributed by atoms with Crippen LogP contribution in [0.4, 0.5) is 4.79 Å². The van der Waals surface area contributed by atoms with E-state index in [9.17, 15) is 9.59 Å². The topological polar surface area (TPSA) is 76.3 Å². The van der Waals surface area contributed by atoms with E-state index in [0.29, 0.717) is 25.1 Å². The zero-order valence-electron chi connectivity index (χ0n) is 11.7. The number of hydrogen-bond acceptors (Lipinski definition) is 3. The van der Waals surface area contributed by atoms with Crippen molar-refractivity contribution >= 4 is 17.1 Å². The number of urea groups is 1. The highest BCUT2D eigenvalue weighted by Crippen LogP contribution is 2.14. The van der Waals surface area contributed by atoms with Crippen LogP contribution in [0, 0.1) is 0 Å². The summed E-state index contributed by atoms with van der Waals surface area (Å²) in [4.78, 5) is 22.8. The lowest BCUT2D eigenvalue weighted by Crippen LogP contribution is -2.36. The first kappa shape index (κ1) is 14.2. The standard InChI is InChI=1S/C14H19N3O3/c1-3-7-15-13(18)16-8-6-10-4-5-12-11(9-10)17(2)14(19)20-12/h4-5,9H,3,6-8H2,1-2H3,(H2,15,16,18). The SMILES string of the molecule is CCCNC(=O)NCCc1ccc2oc(=O)n(C)c2c1. The lowest BCUT2D eigenvalue weighted by atomic mass is 10.1. The number of hydrogen-bond donors (Lipinski definition) is 2. The number of carbonyl (C=O) groups excluding carboxylic acids is 1. The van der Waals surface area contributed by atoms with E-state index in [1.165, 1.54) is 4.57 Å². The van der Waals surface area contributed by atoms with Crippen molar-refractivity contribution in [1.29, 1.82) is 0 Å². The van der Waals surface area contributed by atoms with E-state index >= 15 is 0 Å². The fourth-order valence-corrected chi connectivity index (χ4v) is 1.95. The number of oxazole rings is 1. The van der Waals surface area contributed by atoms with Gasteiger partial charge in [-0.3, -0.25) is 4.57 Å².